The zero-order chi connectivity index (χ0) is 24.9. The number of hydrogen-bond donors (Lipinski definition) is 0. The van der Waals surface area contributed by atoms with Crippen molar-refractivity contribution in [2.24, 2.45) is 5.41 Å². The Kier molecular flexibility index (Phi) is 5.91. The van der Waals surface area contributed by atoms with E-state index in [2.05, 4.69) is 66.2 Å². The predicted octanol–water partition coefficient (Wildman–Crippen LogP) is 5.38. The maximum atomic E-state index is 13.0. The molecule has 1 aliphatic heterocycles. The summed E-state index contributed by atoms with van der Waals surface area (Å²) in [5.74, 6) is 1.74. The van der Waals surface area contributed by atoms with Crippen molar-refractivity contribution in [2.45, 2.75) is 47.1 Å². The summed E-state index contributed by atoms with van der Waals surface area (Å²) in [6.45, 7) is 12.5. The molecule has 1 saturated heterocycles. The van der Waals surface area contributed by atoms with Gasteiger partial charge in [-0.15, -0.1) is 10.2 Å². The molecular formula is C27H31ClN6O. The van der Waals surface area contributed by atoms with Gasteiger partial charge in [-0.1, -0.05) is 56.6 Å². The molecule has 1 fully saturated rings. The highest BCUT2D eigenvalue weighted by Crippen LogP contribution is 2.32. The van der Waals surface area contributed by atoms with Crippen LogP contribution in [0.3, 0.4) is 0 Å². The highest BCUT2D eigenvalue weighted by atomic mass is 35.5. The number of fused-ring (bicyclic) bond motifs is 3. The predicted molar refractivity (Wildman–Crippen MR) is 141 cm³/mol. The summed E-state index contributed by atoms with van der Waals surface area (Å²) in [5, 5.41) is 10.7. The SMILES string of the molecule is Cc1ccccc1-c1nnc2c3ccc(Cl)cc3nc(N3CCN(C(=O)CC(C)(C)C)[C@H](C)C3)n12. The van der Waals surface area contributed by atoms with E-state index in [0.717, 1.165) is 39.4 Å². The van der Waals surface area contributed by atoms with Crippen LogP contribution in [0.15, 0.2) is 42.5 Å². The second-order valence-corrected chi connectivity index (χ2v) is 11.1. The summed E-state index contributed by atoms with van der Waals surface area (Å²) in [4.78, 5) is 22.3. The number of carbonyl (C=O) groups is 1. The Bertz CT molecular complexity index is 1420. The van der Waals surface area contributed by atoms with Gasteiger partial charge in [0.1, 0.15) is 0 Å². The minimum Gasteiger partial charge on any atom is -0.338 e. The van der Waals surface area contributed by atoms with E-state index in [0.29, 0.717) is 31.1 Å². The van der Waals surface area contributed by atoms with E-state index in [1.807, 2.05) is 35.2 Å². The monoisotopic (exact) mass is 490 g/mol. The maximum Gasteiger partial charge on any atom is 0.223 e. The molecule has 0 radical (unpaired) electrons. The molecule has 2 aromatic carbocycles. The summed E-state index contributed by atoms with van der Waals surface area (Å²) < 4.78 is 2.05. The Balaban J connectivity index is 1.61. The topological polar surface area (TPSA) is 66.6 Å². The first-order chi connectivity index (χ1) is 16.6. The van der Waals surface area contributed by atoms with Gasteiger partial charge >= 0.3 is 0 Å². The Hall–Kier alpha value is -3.19. The number of amides is 1. The number of nitrogens with zero attached hydrogens (tertiary/aromatic N) is 6. The minimum absolute atomic E-state index is 0.0375. The van der Waals surface area contributed by atoms with E-state index < -0.39 is 0 Å². The number of piperazine rings is 1. The van der Waals surface area contributed by atoms with Gasteiger partial charge in [0.05, 0.1) is 5.52 Å². The van der Waals surface area contributed by atoms with Gasteiger partial charge in [-0.25, -0.2) is 9.38 Å². The Morgan fingerprint density at radius 3 is 2.60 bits per heavy atom. The first-order valence-electron chi connectivity index (χ1n) is 12.1. The zero-order valence-corrected chi connectivity index (χ0v) is 21.7. The molecule has 1 aliphatic rings. The largest absolute Gasteiger partial charge is 0.338 e. The number of hydrogen-bond acceptors (Lipinski definition) is 5. The van der Waals surface area contributed by atoms with Crippen LogP contribution in [0.2, 0.25) is 5.02 Å². The fraction of sp³-hybridized carbons (Fsp3) is 0.407. The van der Waals surface area contributed by atoms with Crippen molar-refractivity contribution < 1.29 is 4.79 Å². The van der Waals surface area contributed by atoms with Crippen LogP contribution in [-0.2, 0) is 4.79 Å². The van der Waals surface area contributed by atoms with Crippen LogP contribution in [0.4, 0.5) is 5.95 Å². The second-order valence-electron chi connectivity index (χ2n) is 10.7. The third kappa shape index (κ3) is 4.45. The summed E-state index contributed by atoms with van der Waals surface area (Å²) in [6, 6.07) is 13.9. The van der Waals surface area contributed by atoms with Crippen LogP contribution >= 0.6 is 11.6 Å². The molecule has 0 saturated carbocycles. The lowest BCUT2D eigenvalue weighted by Gasteiger charge is -2.41. The van der Waals surface area contributed by atoms with Gasteiger partial charge in [-0.3, -0.25) is 4.79 Å². The normalized spacial score (nSPS) is 16.9. The summed E-state index contributed by atoms with van der Waals surface area (Å²) in [5.41, 5.74) is 3.63. The van der Waals surface area contributed by atoms with Crippen LogP contribution in [0.25, 0.3) is 27.9 Å². The van der Waals surface area contributed by atoms with Crippen molar-refractivity contribution in [1.82, 2.24) is 24.5 Å². The second kappa shape index (κ2) is 8.79. The number of benzene rings is 2. The quantitative estimate of drug-likeness (QED) is 0.385. The molecule has 0 aliphatic carbocycles. The number of carbonyl (C=O) groups excluding carboxylic acids is 1. The van der Waals surface area contributed by atoms with Gasteiger partial charge in [-0.05, 0) is 43.0 Å². The van der Waals surface area contributed by atoms with Crippen molar-refractivity contribution in [3.8, 4) is 11.4 Å². The fourth-order valence-corrected chi connectivity index (χ4v) is 5.03. The molecule has 0 spiro atoms. The van der Waals surface area contributed by atoms with Crippen LogP contribution in [-0.4, -0.2) is 56.1 Å². The maximum absolute atomic E-state index is 13.0. The lowest BCUT2D eigenvalue weighted by atomic mass is 9.91. The Morgan fingerprint density at radius 2 is 1.89 bits per heavy atom. The third-order valence-electron chi connectivity index (χ3n) is 6.58. The summed E-state index contributed by atoms with van der Waals surface area (Å²) in [7, 11) is 0. The lowest BCUT2D eigenvalue weighted by molar-refractivity contribution is -0.135. The number of aryl methyl sites for hydroxylation is 1. The molecule has 5 rings (SSSR count). The average molecular weight is 491 g/mol. The first-order valence-corrected chi connectivity index (χ1v) is 12.4. The van der Waals surface area contributed by atoms with E-state index in [9.17, 15) is 4.79 Å². The van der Waals surface area contributed by atoms with Gasteiger partial charge in [-0.2, -0.15) is 0 Å². The summed E-state index contributed by atoms with van der Waals surface area (Å²) in [6.07, 6.45) is 0.539. The lowest BCUT2D eigenvalue weighted by Crippen LogP contribution is -2.55. The zero-order valence-electron chi connectivity index (χ0n) is 20.9. The number of anilines is 1. The van der Waals surface area contributed by atoms with Crippen molar-refractivity contribution in [2.75, 3.05) is 24.5 Å². The van der Waals surface area contributed by atoms with Gasteiger partial charge in [0.2, 0.25) is 11.9 Å². The van der Waals surface area contributed by atoms with E-state index in [4.69, 9.17) is 16.6 Å². The molecule has 35 heavy (non-hydrogen) atoms. The van der Waals surface area contributed by atoms with Crippen LogP contribution in [0.1, 0.15) is 39.7 Å². The van der Waals surface area contributed by atoms with E-state index in [1.165, 1.54) is 0 Å². The van der Waals surface area contributed by atoms with E-state index in [1.54, 1.807) is 0 Å². The molecule has 4 aromatic rings. The van der Waals surface area contributed by atoms with Crippen molar-refractivity contribution in [3.63, 3.8) is 0 Å². The Labute approximate surface area is 210 Å². The molecule has 0 bridgehead atoms. The average Bonchev–Trinajstić information content (AvgIpc) is 3.22. The molecule has 7 nitrogen and oxygen atoms in total. The highest BCUT2D eigenvalue weighted by molar-refractivity contribution is 6.31. The molecule has 3 heterocycles. The van der Waals surface area contributed by atoms with Crippen molar-refractivity contribution >= 4 is 40.0 Å². The fourth-order valence-electron chi connectivity index (χ4n) is 4.87. The molecule has 1 atom stereocenters. The standard InChI is InChI=1S/C27H31ClN6O/c1-17-8-6-7-9-20(17)24-30-31-25-21-11-10-19(28)14-22(21)29-26(34(24)25)32-12-13-33(18(2)16-32)23(35)15-27(3,4)5/h6-11,14,18H,12-13,15-16H2,1-5H3/t18-/m1/s1. The van der Waals surface area contributed by atoms with Gasteiger partial charge in [0.25, 0.3) is 0 Å². The molecular weight excluding hydrogens is 460 g/mol. The first kappa shape index (κ1) is 23.5. The number of halogens is 1. The molecule has 2 aromatic heterocycles. The molecule has 0 N–H and O–H groups in total. The van der Waals surface area contributed by atoms with Crippen LogP contribution in [0.5, 0.6) is 0 Å². The summed E-state index contributed by atoms with van der Waals surface area (Å²) >= 11 is 6.32. The number of aromatic nitrogens is 4. The van der Waals surface area contributed by atoms with Gasteiger partial charge in [0, 0.05) is 48.1 Å². The molecule has 182 valence electrons. The Morgan fingerprint density at radius 1 is 1.11 bits per heavy atom. The molecule has 8 heteroatoms. The van der Waals surface area contributed by atoms with Crippen molar-refractivity contribution in [1.29, 1.82) is 0 Å². The van der Waals surface area contributed by atoms with Crippen LogP contribution < -0.4 is 4.90 Å². The smallest absolute Gasteiger partial charge is 0.223 e. The third-order valence-corrected chi connectivity index (χ3v) is 6.82. The molecule has 0 unspecified atom stereocenters. The van der Waals surface area contributed by atoms with E-state index in [-0.39, 0.29) is 17.4 Å². The minimum atomic E-state index is -0.0375. The van der Waals surface area contributed by atoms with Gasteiger partial charge < -0.3 is 9.80 Å². The van der Waals surface area contributed by atoms with Crippen molar-refractivity contribution in [3.05, 3.63) is 53.1 Å². The van der Waals surface area contributed by atoms with Crippen LogP contribution in [0, 0.1) is 12.3 Å². The number of rotatable bonds is 3. The highest BCUT2D eigenvalue weighted by Gasteiger charge is 2.32. The van der Waals surface area contributed by atoms with Gasteiger partial charge in [0.15, 0.2) is 11.5 Å². The molecule has 1 amide bonds. The van der Waals surface area contributed by atoms with E-state index >= 15 is 0 Å².